The zero-order valence-corrected chi connectivity index (χ0v) is 23.0. The van der Waals surface area contributed by atoms with Crippen LogP contribution in [0.2, 0.25) is 5.02 Å². The van der Waals surface area contributed by atoms with Crippen LogP contribution in [0.3, 0.4) is 0 Å². The third-order valence-corrected chi connectivity index (χ3v) is 8.12. The molecule has 1 saturated carbocycles. The highest BCUT2D eigenvalue weighted by atomic mass is 35.5. The van der Waals surface area contributed by atoms with Gasteiger partial charge in [-0.1, -0.05) is 24.6 Å². The van der Waals surface area contributed by atoms with Gasteiger partial charge in [-0.15, -0.1) is 5.10 Å². The van der Waals surface area contributed by atoms with Crippen LogP contribution in [-0.4, -0.2) is 49.2 Å². The molecule has 5 rings (SSSR count). The van der Waals surface area contributed by atoms with E-state index in [0.29, 0.717) is 29.6 Å². The standard InChI is InChI=1S/C28H34ClN7O3/c1-3-12-36-27-20(16-33-36)24-19(15-32-27)25(28(11-8-23(37)38)9-6-18(30)7-10-28)34-35-26(24)31-14-17-4-5-22(39-2)21(29)13-17/h4-5,13,15-16,18H,3,6-12,14,30H2,1-2H3,(H,31,35)(H,37,38)/t18-,28-. The van der Waals surface area contributed by atoms with E-state index in [1.807, 2.05) is 35.3 Å². The van der Waals surface area contributed by atoms with Crippen LogP contribution >= 0.6 is 11.6 Å². The first-order chi connectivity index (χ1) is 18.8. The Morgan fingerprint density at radius 3 is 2.74 bits per heavy atom. The van der Waals surface area contributed by atoms with Crippen LogP contribution in [0, 0.1) is 0 Å². The van der Waals surface area contributed by atoms with Crippen molar-refractivity contribution in [3.05, 3.63) is 46.9 Å². The quantitative estimate of drug-likeness (QED) is 0.246. The van der Waals surface area contributed by atoms with E-state index in [1.165, 1.54) is 0 Å². The summed E-state index contributed by atoms with van der Waals surface area (Å²) in [4.78, 5) is 16.4. The van der Waals surface area contributed by atoms with Gasteiger partial charge >= 0.3 is 5.97 Å². The summed E-state index contributed by atoms with van der Waals surface area (Å²) in [5, 5.41) is 30.2. The van der Waals surface area contributed by atoms with Crippen LogP contribution in [-0.2, 0) is 23.3 Å². The third kappa shape index (κ3) is 5.35. The molecule has 206 valence electrons. The predicted molar refractivity (Wildman–Crippen MR) is 151 cm³/mol. The molecule has 1 aliphatic rings. The molecule has 0 radical (unpaired) electrons. The van der Waals surface area contributed by atoms with Gasteiger partial charge in [0.05, 0.1) is 29.4 Å². The van der Waals surface area contributed by atoms with Crippen LogP contribution in [0.4, 0.5) is 5.82 Å². The van der Waals surface area contributed by atoms with E-state index < -0.39 is 11.4 Å². The number of carboxylic acids is 1. The topological polar surface area (TPSA) is 141 Å². The number of aryl methyl sites for hydroxylation is 1. The van der Waals surface area contributed by atoms with Crippen molar-refractivity contribution in [3.63, 3.8) is 0 Å². The number of fused-ring (bicyclic) bond motifs is 3. The first-order valence-electron chi connectivity index (χ1n) is 13.4. The Morgan fingerprint density at radius 1 is 1.26 bits per heavy atom. The first-order valence-corrected chi connectivity index (χ1v) is 13.8. The number of benzene rings is 1. The molecular formula is C28H34ClN7O3. The summed E-state index contributed by atoms with van der Waals surface area (Å²) in [6.07, 6.45) is 8.28. The summed E-state index contributed by atoms with van der Waals surface area (Å²) >= 11 is 6.35. The summed E-state index contributed by atoms with van der Waals surface area (Å²) in [5.41, 5.74) is 8.36. The number of aromatic nitrogens is 5. The van der Waals surface area contributed by atoms with Crippen LogP contribution in [0.1, 0.15) is 63.1 Å². The number of anilines is 1. The normalized spacial score (nSPS) is 19.4. The number of halogens is 1. The maximum absolute atomic E-state index is 11.6. The van der Waals surface area contributed by atoms with Gasteiger partial charge < -0.3 is 20.9 Å². The highest BCUT2D eigenvalue weighted by Gasteiger charge is 2.39. The molecule has 1 fully saturated rings. The molecule has 0 saturated heterocycles. The number of hydrogen-bond acceptors (Lipinski definition) is 8. The van der Waals surface area contributed by atoms with Crippen molar-refractivity contribution >= 4 is 45.2 Å². The Labute approximate surface area is 231 Å². The van der Waals surface area contributed by atoms with Crippen LogP contribution in [0.25, 0.3) is 21.8 Å². The van der Waals surface area contributed by atoms with Crippen LogP contribution < -0.4 is 15.8 Å². The minimum atomic E-state index is -0.820. The number of hydrogen-bond donors (Lipinski definition) is 3. The molecule has 0 unspecified atom stereocenters. The average Bonchev–Trinajstić information content (AvgIpc) is 3.35. The second-order valence-corrected chi connectivity index (χ2v) is 10.8. The second kappa shape index (κ2) is 11.3. The maximum Gasteiger partial charge on any atom is 0.303 e. The molecule has 3 heterocycles. The summed E-state index contributed by atoms with van der Waals surface area (Å²) in [6, 6.07) is 5.75. The summed E-state index contributed by atoms with van der Waals surface area (Å²) < 4.78 is 7.18. The molecule has 0 atom stereocenters. The Kier molecular flexibility index (Phi) is 7.86. The zero-order chi connectivity index (χ0) is 27.6. The molecule has 0 bridgehead atoms. The average molecular weight is 552 g/mol. The molecule has 0 amide bonds. The molecule has 4 N–H and O–H groups in total. The van der Waals surface area contributed by atoms with E-state index in [0.717, 1.165) is 71.7 Å². The summed E-state index contributed by atoms with van der Waals surface area (Å²) in [6.45, 7) is 3.32. The molecule has 11 heteroatoms. The lowest BCUT2D eigenvalue weighted by Gasteiger charge is -2.39. The fraction of sp³-hybridized carbons (Fsp3) is 0.464. The number of carboxylic acid groups (broad SMARTS) is 1. The summed E-state index contributed by atoms with van der Waals surface area (Å²) in [7, 11) is 1.59. The van der Waals surface area contributed by atoms with E-state index in [9.17, 15) is 9.90 Å². The van der Waals surface area contributed by atoms with Crippen molar-refractivity contribution in [2.45, 2.75) is 76.4 Å². The number of rotatable bonds is 10. The molecule has 0 spiro atoms. The van der Waals surface area contributed by atoms with E-state index in [4.69, 9.17) is 32.2 Å². The van der Waals surface area contributed by atoms with Gasteiger partial charge in [0.15, 0.2) is 11.5 Å². The first kappa shape index (κ1) is 27.1. The number of nitrogens with zero attached hydrogens (tertiary/aromatic N) is 5. The van der Waals surface area contributed by atoms with E-state index in [2.05, 4.69) is 22.4 Å². The molecule has 1 aromatic carbocycles. The Bertz CT molecular complexity index is 1500. The largest absolute Gasteiger partial charge is 0.495 e. The van der Waals surface area contributed by atoms with Gasteiger partial charge in [0, 0.05) is 47.9 Å². The fourth-order valence-corrected chi connectivity index (χ4v) is 5.99. The minimum absolute atomic E-state index is 0.0563. The maximum atomic E-state index is 11.6. The van der Waals surface area contributed by atoms with Gasteiger partial charge in [-0.05, 0) is 56.2 Å². The lowest BCUT2D eigenvalue weighted by atomic mass is 9.67. The van der Waals surface area contributed by atoms with Crippen LogP contribution in [0.15, 0.2) is 30.6 Å². The molecule has 39 heavy (non-hydrogen) atoms. The van der Waals surface area contributed by atoms with Crippen molar-refractivity contribution in [2.75, 3.05) is 12.4 Å². The van der Waals surface area contributed by atoms with Gasteiger partial charge in [0.25, 0.3) is 0 Å². The Hall–Kier alpha value is -3.50. The van der Waals surface area contributed by atoms with Gasteiger partial charge in [-0.3, -0.25) is 4.79 Å². The Morgan fingerprint density at radius 2 is 2.05 bits per heavy atom. The molecular weight excluding hydrogens is 518 g/mol. The lowest BCUT2D eigenvalue weighted by Crippen LogP contribution is -2.38. The SMILES string of the molecule is CCCn1ncc2c3c(NCc4ccc(OC)c(Cl)c4)nnc([C@]4(CCC(=O)O)CC[C@@H](N)CC4)c3cnc21. The van der Waals surface area contributed by atoms with Gasteiger partial charge in [0.1, 0.15) is 5.75 Å². The number of methoxy groups -OCH3 is 1. The smallest absolute Gasteiger partial charge is 0.303 e. The van der Waals surface area contributed by atoms with Crippen molar-refractivity contribution in [2.24, 2.45) is 5.73 Å². The highest BCUT2D eigenvalue weighted by molar-refractivity contribution is 6.32. The van der Waals surface area contributed by atoms with Gasteiger partial charge in [0.2, 0.25) is 0 Å². The molecule has 4 aromatic rings. The molecule has 0 aliphatic heterocycles. The fourth-order valence-electron chi connectivity index (χ4n) is 5.71. The van der Waals surface area contributed by atoms with Crippen LogP contribution in [0.5, 0.6) is 5.75 Å². The number of aliphatic carboxylic acids is 1. The Balaban J connectivity index is 1.63. The zero-order valence-electron chi connectivity index (χ0n) is 22.3. The predicted octanol–water partition coefficient (Wildman–Crippen LogP) is 5.06. The van der Waals surface area contributed by atoms with Crippen molar-refractivity contribution in [1.29, 1.82) is 0 Å². The minimum Gasteiger partial charge on any atom is -0.495 e. The molecule has 10 nitrogen and oxygen atoms in total. The number of ether oxygens (including phenoxy) is 1. The van der Waals surface area contributed by atoms with E-state index >= 15 is 0 Å². The third-order valence-electron chi connectivity index (χ3n) is 7.83. The lowest BCUT2D eigenvalue weighted by molar-refractivity contribution is -0.137. The second-order valence-electron chi connectivity index (χ2n) is 10.4. The number of pyridine rings is 1. The van der Waals surface area contributed by atoms with Crippen molar-refractivity contribution in [3.8, 4) is 5.75 Å². The van der Waals surface area contributed by atoms with Crippen molar-refractivity contribution in [1.82, 2.24) is 25.0 Å². The van der Waals surface area contributed by atoms with Gasteiger partial charge in [-0.2, -0.15) is 10.2 Å². The monoisotopic (exact) mass is 551 g/mol. The number of carbonyl (C=O) groups is 1. The molecule has 3 aromatic heterocycles. The molecule has 1 aliphatic carbocycles. The number of nitrogens with two attached hydrogens (primary N) is 1. The van der Waals surface area contributed by atoms with Gasteiger partial charge in [-0.25, -0.2) is 9.67 Å². The number of nitrogens with one attached hydrogen (secondary N) is 1. The highest BCUT2D eigenvalue weighted by Crippen LogP contribution is 2.45. The van der Waals surface area contributed by atoms with E-state index in [1.54, 1.807) is 7.11 Å². The van der Waals surface area contributed by atoms with Crippen molar-refractivity contribution < 1.29 is 14.6 Å². The summed E-state index contributed by atoms with van der Waals surface area (Å²) in [5.74, 6) is 0.411. The van der Waals surface area contributed by atoms with E-state index in [-0.39, 0.29) is 12.5 Å².